The molecule has 0 fully saturated rings. The lowest BCUT2D eigenvalue weighted by molar-refractivity contribution is -0.384. The number of nitrogens with one attached hydrogen (secondary N) is 1. The number of hydrogen-bond donors (Lipinski definition) is 1. The fourth-order valence-electron chi connectivity index (χ4n) is 1.74. The van der Waals surface area contributed by atoms with E-state index in [1.165, 1.54) is 30.0 Å². The molecule has 0 heterocycles. The minimum Gasteiger partial charge on any atom is -0.324 e. The highest BCUT2D eigenvalue weighted by Crippen LogP contribution is 2.31. The molecule has 2 aromatic carbocycles. The van der Waals surface area contributed by atoms with E-state index in [9.17, 15) is 14.9 Å². The third-order valence-corrected chi connectivity index (χ3v) is 4.86. The maximum atomic E-state index is 12.2. The van der Waals surface area contributed by atoms with E-state index in [4.69, 9.17) is 23.2 Å². The largest absolute Gasteiger partial charge is 0.324 e. The topological polar surface area (TPSA) is 72.2 Å². The van der Waals surface area contributed by atoms with Crippen LogP contribution in [-0.2, 0) is 4.79 Å². The normalized spacial score (nSPS) is 11.8. The average Bonchev–Trinajstić information content (AvgIpc) is 2.51. The highest BCUT2D eigenvalue weighted by atomic mass is 35.5. The zero-order valence-corrected chi connectivity index (χ0v) is 14.3. The fraction of sp³-hybridized carbons (Fsp3) is 0.133. The van der Waals surface area contributed by atoms with Crippen LogP contribution >= 0.6 is 35.0 Å². The van der Waals surface area contributed by atoms with Gasteiger partial charge in [-0.1, -0.05) is 35.3 Å². The van der Waals surface area contributed by atoms with E-state index in [0.29, 0.717) is 10.7 Å². The quantitative estimate of drug-likeness (QED) is 0.455. The lowest BCUT2D eigenvalue weighted by Gasteiger charge is -2.13. The van der Waals surface area contributed by atoms with Crippen LogP contribution in [0.4, 0.5) is 11.4 Å². The number of nitrogens with zero attached hydrogens (tertiary/aromatic N) is 1. The molecule has 0 radical (unpaired) electrons. The van der Waals surface area contributed by atoms with Gasteiger partial charge in [-0.15, -0.1) is 11.8 Å². The van der Waals surface area contributed by atoms with Crippen molar-refractivity contribution in [3.8, 4) is 0 Å². The SMILES string of the molecule is CC(Sc1ccccc1Cl)C(=O)Nc1ccc([N+](=O)[O-])cc1Cl. The molecule has 0 saturated heterocycles. The molecule has 2 aromatic rings. The summed E-state index contributed by atoms with van der Waals surface area (Å²) in [5.41, 5.74) is 0.195. The Balaban J connectivity index is 2.07. The van der Waals surface area contributed by atoms with Crippen molar-refractivity contribution >= 4 is 52.2 Å². The second kappa shape index (κ2) is 7.68. The number of halogens is 2. The van der Waals surface area contributed by atoms with Crippen LogP contribution in [-0.4, -0.2) is 16.1 Å². The Morgan fingerprint density at radius 2 is 1.91 bits per heavy atom. The first kappa shape index (κ1) is 17.6. The van der Waals surface area contributed by atoms with Crippen LogP contribution in [0, 0.1) is 10.1 Å². The van der Waals surface area contributed by atoms with Crippen LogP contribution in [0.1, 0.15) is 6.92 Å². The highest BCUT2D eigenvalue weighted by molar-refractivity contribution is 8.00. The van der Waals surface area contributed by atoms with Gasteiger partial charge in [0, 0.05) is 17.0 Å². The first-order valence-electron chi connectivity index (χ1n) is 6.54. The molecule has 1 N–H and O–H groups in total. The van der Waals surface area contributed by atoms with Crippen molar-refractivity contribution in [3.63, 3.8) is 0 Å². The average molecular weight is 371 g/mol. The molecule has 23 heavy (non-hydrogen) atoms. The number of nitro benzene ring substituents is 1. The van der Waals surface area contributed by atoms with Crippen molar-refractivity contribution in [2.45, 2.75) is 17.1 Å². The molecule has 1 amide bonds. The smallest absolute Gasteiger partial charge is 0.271 e. The van der Waals surface area contributed by atoms with Gasteiger partial charge in [-0.2, -0.15) is 0 Å². The van der Waals surface area contributed by atoms with Gasteiger partial charge >= 0.3 is 0 Å². The Bertz CT molecular complexity index is 755. The zero-order valence-electron chi connectivity index (χ0n) is 12.0. The summed E-state index contributed by atoms with van der Waals surface area (Å²) in [6.45, 7) is 1.74. The number of hydrogen-bond acceptors (Lipinski definition) is 4. The van der Waals surface area contributed by atoms with E-state index >= 15 is 0 Å². The van der Waals surface area contributed by atoms with Gasteiger partial charge in [0.1, 0.15) is 0 Å². The van der Waals surface area contributed by atoms with Gasteiger partial charge < -0.3 is 5.32 Å². The molecule has 0 aliphatic heterocycles. The molecule has 120 valence electrons. The number of benzene rings is 2. The lowest BCUT2D eigenvalue weighted by Crippen LogP contribution is -2.22. The number of carbonyl (C=O) groups is 1. The fourth-order valence-corrected chi connectivity index (χ4v) is 3.11. The van der Waals surface area contributed by atoms with Gasteiger partial charge in [-0.05, 0) is 25.1 Å². The van der Waals surface area contributed by atoms with E-state index in [1.54, 1.807) is 13.0 Å². The number of non-ortho nitro benzene ring substituents is 1. The molecule has 1 atom stereocenters. The molecule has 8 heteroatoms. The van der Waals surface area contributed by atoms with E-state index in [0.717, 1.165) is 4.90 Å². The van der Waals surface area contributed by atoms with Crippen LogP contribution < -0.4 is 5.32 Å². The van der Waals surface area contributed by atoms with Gasteiger partial charge in [0.25, 0.3) is 5.69 Å². The number of carbonyl (C=O) groups excluding carboxylic acids is 1. The van der Waals surface area contributed by atoms with Gasteiger partial charge in [-0.3, -0.25) is 14.9 Å². The molecular weight excluding hydrogens is 359 g/mol. The first-order chi connectivity index (χ1) is 10.9. The summed E-state index contributed by atoms with van der Waals surface area (Å²) in [6, 6.07) is 11.1. The third-order valence-electron chi connectivity index (χ3n) is 2.93. The van der Waals surface area contributed by atoms with Gasteiger partial charge in [-0.25, -0.2) is 0 Å². The Morgan fingerprint density at radius 1 is 1.22 bits per heavy atom. The predicted molar refractivity (Wildman–Crippen MR) is 93.5 cm³/mol. The number of nitro groups is 1. The number of anilines is 1. The maximum Gasteiger partial charge on any atom is 0.271 e. The predicted octanol–water partition coefficient (Wildman–Crippen LogP) is 5.02. The molecule has 2 rings (SSSR count). The number of thioether (sulfide) groups is 1. The molecule has 5 nitrogen and oxygen atoms in total. The monoisotopic (exact) mass is 370 g/mol. The van der Waals surface area contributed by atoms with Crippen molar-refractivity contribution in [1.82, 2.24) is 0 Å². The summed E-state index contributed by atoms with van der Waals surface area (Å²) in [5, 5.41) is 13.6. The Hall–Kier alpha value is -1.76. The first-order valence-corrected chi connectivity index (χ1v) is 8.18. The molecule has 1 unspecified atom stereocenters. The van der Waals surface area contributed by atoms with Crippen molar-refractivity contribution in [2.75, 3.05) is 5.32 Å². The lowest BCUT2D eigenvalue weighted by atomic mass is 10.2. The summed E-state index contributed by atoms with van der Waals surface area (Å²) >= 11 is 13.3. The van der Waals surface area contributed by atoms with Crippen LogP contribution in [0.25, 0.3) is 0 Å². The summed E-state index contributed by atoms with van der Waals surface area (Å²) in [7, 11) is 0. The van der Waals surface area contributed by atoms with Gasteiger partial charge in [0.2, 0.25) is 5.91 Å². The standard InChI is InChI=1S/C15H12Cl2N2O3S/c1-9(23-14-5-3-2-4-11(14)16)15(20)18-13-7-6-10(19(21)22)8-12(13)17/h2-9H,1H3,(H,18,20). The Kier molecular flexibility index (Phi) is 5.87. The Labute approximate surface area is 147 Å². The number of rotatable bonds is 5. The summed E-state index contributed by atoms with van der Waals surface area (Å²) < 4.78 is 0. The third kappa shape index (κ3) is 4.60. The molecule has 0 aromatic heterocycles. The molecule has 0 aliphatic carbocycles. The van der Waals surface area contributed by atoms with E-state index in [-0.39, 0.29) is 16.6 Å². The minimum atomic E-state index is -0.548. The van der Waals surface area contributed by atoms with E-state index in [2.05, 4.69) is 5.32 Å². The van der Waals surface area contributed by atoms with Crippen molar-refractivity contribution in [2.24, 2.45) is 0 Å². The molecule has 0 bridgehead atoms. The summed E-state index contributed by atoms with van der Waals surface area (Å²) in [4.78, 5) is 23.2. The number of amides is 1. The highest BCUT2D eigenvalue weighted by Gasteiger charge is 2.18. The van der Waals surface area contributed by atoms with Gasteiger partial charge in [0.15, 0.2) is 0 Å². The molecular formula is C15H12Cl2N2O3S. The van der Waals surface area contributed by atoms with Crippen LogP contribution in [0.15, 0.2) is 47.4 Å². The van der Waals surface area contributed by atoms with E-state index in [1.807, 2.05) is 18.2 Å². The van der Waals surface area contributed by atoms with Crippen LogP contribution in [0.2, 0.25) is 10.0 Å². The summed E-state index contributed by atoms with van der Waals surface area (Å²) in [6.07, 6.45) is 0. The summed E-state index contributed by atoms with van der Waals surface area (Å²) in [5.74, 6) is -0.273. The second-order valence-electron chi connectivity index (χ2n) is 4.60. The minimum absolute atomic E-state index is 0.113. The van der Waals surface area contributed by atoms with Crippen molar-refractivity contribution < 1.29 is 9.72 Å². The van der Waals surface area contributed by atoms with Crippen molar-refractivity contribution in [1.29, 1.82) is 0 Å². The van der Waals surface area contributed by atoms with Crippen LogP contribution in [0.5, 0.6) is 0 Å². The van der Waals surface area contributed by atoms with Crippen LogP contribution in [0.3, 0.4) is 0 Å². The van der Waals surface area contributed by atoms with Gasteiger partial charge in [0.05, 0.1) is 25.9 Å². The maximum absolute atomic E-state index is 12.2. The molecule has 0 aliphatic rings. The van der Waals surface area contributed by atoms with Crippen molar-refractivity contribution in [3.05, 3.63) is 62.6 Å². The Morgan fingerprint density at radius 3 is 2.52 bits per heavy atom. The molecule has 0 saturated carbocycles. The second-order valence-corrected chi connectivity index (χ2v) is 6.80. The zero-order chi connectivity index (χ0) is 17.0. The molecule has 0 spiro atoms. The van der Waals surface area contributed by atoms with E-state index < -0.39 is 10.2 Å².